The van der Waals surface area contributed by atoms with Gasteiger partial charge in [-0.25, -0.2) is 0 Å². The summed E-state index contributed by atoms with van der Waals surface area (Å²) in [6, 6.07) is 4.06. The Kier molecular flexibility index (Phi) is 3.23. The van der Waals surface area contributed by atoms with E-state index in [2.05, 4.69) is 6.58 Å². The molecule has 0 aromatic carbocycles. The molecule has 14 heavy (non-hydrogen) atoms. The second-order valence-electron chi connectivity index (χ2n) is 3.07. The van der Waals surface area contributed by atoms with Crippen LogP contribution < -0.4 is 0 Å². The van der Waals surface area contributed by atoms with E-state index in [1.54, 1.807) is 11.3 Å². The highest BCUT2D eigenvalue weighted by molar-refractivity contribution is 7.12. The molecule has 1 aliphatic heterocycles. The van der Waals surface area contributed by atoms with E-state index in [1.807, 2.05) is 12.1 Å². The van der Waals surface area contributed by atoms with Crippen LogP contribution in [0.2, 0.25) is 0 Å². The average Bonchev–Trinajstić information content (AvgIpc) is 2.69. The Morgan fingerprint density at radius 2 is 2.21 bits per heavy atom. The molecule has 76 valence electrons. The molecule has 0 saturated carbocycles. The van der Waals surface area contributed by atoms with Gasteiger partial charge in [0.15, 0.2) is 6.29 Å². The van der Waals surface area contributed by atoms with Gasteiger partial charge in [-0.3, -0.25) is 0 Å². The van der Waals surface area contributed by atoms with Crippen LogP contribution in [-0.4, -0.2) is 13.2 Å². The Labute approximate surface area is 92.1 Å². The Morgan fingerprint density at radius 3 is 2.86 bits per heavy atom. The van der Waals surface area contributed by atoms with Gasteiger partial charge in [0, 0.05) is 16.3 Å². The summed E-state index contributed by atoms with van der Waals surface area (Å²) in [4.78, 5) is 2.30. The van der Waals surface area contributed by atoms with Gasteiger partial charge in [-0.1, -0.05) is 18.2 Å². The van der Waals surface area contributed by atoms with Crippen molar-refractivity contribution in [3.63, 3.8) is 0 Å². The number of rotatable bonds is 3. The molecule has 0 unspecified atom stereocenters. The van der Waals surface area contributed by atoms with Crippen molar-refractivity contribution >= 4 is 22.9 Å². The van der Waals surface area contributed by atoms with E-state index in [0.717, 1.165) is 11.3 Å². The summed E-state index contributed by atoms with van der Waals surface area (Å²) < 4.78 is 10.8. The summed E-state index contributed by atoms with van der Waals surface area (Å²) in [7, 11) is 0. The molecule has 2 rings (SSSR count). The van der Waals surface area contributed by atoms with E-state index in [0.29, 0.717) is 18.2 Å². The van der Waals surface area contributed by atoms with Gasteiger partial charge in [-0.05, 0) is 12.1 Å². The number of hydrogen-bond acceptors (Lipinski definition) is 3. The van der Waals surface area contributed by atoms with Crippen LogP contribution in [0.5, 0.6) is 0 Å². The highest BCUT2D eigenvalue weighted by Gasteiger charge is 2.19. The maximum atomic E-state index is 5.73. The lowest BCUT2D eigenvalue weighted by Crippen LogP contribution is -1.93. The van der Waals surface area contributed by atoms with Gasteiger partial charge in [0.05, 0.1) is 18.1 Å². The number of thiophene rings is 1. The van der Waals surface area contributed by atoms with E-state index >= 15 is 0 Å². The van der Waals surface area contributed by atoms with Crippen LogP contribution >= 0.6 is 22.9 Å². The molecule has 1 fully saturated rings. The maximum Gasteiger partial charge on any atom is 0.193 e. The van der Waals surface area contributed by atoms with E-state index in [-0.39, 0.29) is 6.29 Å². The number of ether oxygens (including phenoxy) is 2. The van der Waals surface area contributed by atoms with Crippen LogP contribution in [0.25, 0.3) is 0 Å². The minimum atomic E-state index is -0.169. The summed E-state index contributed by atoms with van der Waals surface area (Å²) in [6.07, 6.45) is 0.552. The van der Waals surface area contributed by atoms with Gasteiger partial charge >= 0.3 is 0 Å². The molecule has 0 atom stereocenters. The fourth-order valence-electron chi connectivity index (χ4n) is 1.33. The van der Waals surface area contributed by atoms with Gasteiger partial charge in [0.2, 0.25) is 0 Å². The van der Waals surface area contributed by atoms with E-state index < -0.39 is 0 Å². The molecule has 4 heteroatoms. The van der Waals surface area contributed by atoms with Crippen LogP contribution in [0.15, 0.2) is 23.7 Å². The van der Waals surface area contributed by atoms with Crippen LogP contribution in [0, 0.1) is 0 Å². The third-order valence-electron chi connectivity index (χ3n) is 1.90. The maximum absolute atomic E-state index is 5.73. The summed E-state index contributed by atoms with van der Waals surface area (Å²) in [6.45, 7) is 5.03. The zero-order chi connectivity index (χ0) is 9.97. The zero-order valence-electron chi connectivity index (χ0n) is 7.66. The molecule has 2 heterocycles. The fourth-order valence-corrected chi connectivity index (χ4v) is 2.60. The molecule has 0 aliphatic carbocycles. The highest BCUT2D eigenvalue weighted by Crippen LogP contribution is 2.30. The SMILES string of the molecule is C=C(Cl)Cc1ccc(C2OCCO2)s1. The van der Waals surface area contributed by atoms with Crippen LogP contribution in [0.1, 0.15) is 16.0 Å². The topological polar surface area (TPSA) is 18.5 Å². The standard InChI is InChI=1S/C10H11ClO2S/c1-7(11)6-8-2-3-9(14-8)10-12-4-5-13-10/h2-3,10H,1,4-6H2. The quantitative estimate of drug-likeness (QED) is 0.795. The van der Waals surface area contributed by atoms with Crippen LogP contribution in [0.3, 0.4) is 0 Å². The molecule has 0 radical (unpaired) electrons. The molecule has 1 aromatic heterocycles. The van der Waals surface area contributed by atoms with Crippen molar-refractivity contribution < 1.29 is 9.47 Å². The Morgan fingerprint density at radius 1 is 1.50 bits per heavy atom. The first-order chi connectivity index (χ1) is 6.75. The predicted octanol–water partition coefficient (Wildman–Crippen LogP) is 3.09. The summed E-state index contributed by atoms with van der Waals surface area (Å²) in [5, 5.41) is 0.659. The third-order valence-corrected chi connectivity index (χ3v) is 3.14. The lowest BCUT2D eigenvalue weighted by Gasteiger charge is -2.04. The number of allylic oxidation sites excluding steroid dienone is 1. The second-order valence-corrected chi connectivity index (χ2v) is 4.81. The van der Waals surface area contributed by atoms with Gasteiger partial charge in [-0.15, -0.1) is 11.3 Å². The minimum absolute atomic E-state index is 0.169. The predicted molar refractivity (Wildman–Crippen MR) is 57.7 cm³/mol. The molecule has 0 spiro atoms. The first-order valence-electron chi connectivity index (χ1n) is 4.41. The van der Waals surface area contributed by atoms with Crippen molar-refractivity contribution in [1.29, 1.82) is 0 Å². The molecule has 0 amide bonds. The first kappa shape index (κ1) is 10.2. The largest absolute Gasteiger partial charge is 0.345 e. The molecule has 0 N–H and O–H groups in total. The van der Waals surface area contributed by atoms with Crippen molar-refractivity contribution in [3.8, 4) is 0 Å². The van der Waals surface area contributed by atoms with Gasteiger partial charge < -0.3 is 9.47 Å². The molecular weight excluding hydrogens is 220 g/mol. The number of hydrogen-bond donors (Lipinski definition) is 0. The molecule has 1 aliphatic rings. The van der Waals surface area contributed by atoms with Crippen LogP contribution in [-0.2, 0) is 15.9 Å². The summed E-state index contributed by atoms with van der Waals surface area (Å²) in [5.74, 6) is 0. The highest BCUT2D eigenvalue weighted by atomic mass is 35.5. The zero-order valence-corrected chi connectivity index (χ0v) is 9.24. The van der Waals surface area contributed by atoms with Crippen molar-refractivity contribution in [3.05, 3.63) is 33.5 Å². The summed E-state index contributed by atoms with van der Waals surface area (Å²) >= 11 is 7.39. The third kappa shape index (κ3) is 2.36. The van der Waals surface area contributed by atoms with Crippen LogP contribution in [0.4, 0.5) is 0 Å². The van der Waals surface area contributed by atoms with Crippen molar-refractivity contribution in [2.75, 3.05) is 13.2 Å². The monoisotopic (exact) mass is 230 g/mol. The second kappa shape index (κ2) is 4.45. The molecular formula is C10H11ClO2S. The molecule has 1 saturated heterocycles. The minimum Gasteiger partial charge on any atom is -0.345 e. The lowest BCUT2D eigenvalue weighted by molar-refractivity contribution is -0.0413. The Hall–Kier alpha value is -0.350. The number of halogens is 1. The average molecular weight is 231 g/mol. The Bertz CT molecular complexity index is 329. The smallest absolute Gasteiger partial charge is 0.193 e. The van der Waals surface area contributed by atoms with Gasteiger partial charge in [-0.2, -0.15) is 0 Å². The van der Waals surface area contributed by atoms with Gasteiger partial charge in [0.25, 0.3) is 0 Å². The molecule has 0 bridgehead atoms. The normalized spacial score (nSPS) is 17.5. The van der Waals surface area contributed by atoms with Crippen molar-refractivity contribution in [2.24, 2.45) is 0 Å². The van der Waals surface area contributed by atoms with E-state index in [4.69, 9.17) is 21.1 Å². The summed E-state index contributed by atoms with van der Waals surface area (Å²) in [5.41, 5.74) is 0. The molecule has 2 nitrogen and oxygen atoms in total. The van der Waals surface area contributed by atoms with Gasteiger partial charge in [0.1, 0.15) is 0 Å². The van der Waals surface area contributed by atoms with E-state index in [1.165, 1.54) is 4.88 Å². The van der Waals surface area contributed by atoms with Crippen molar-refractivity contribution in [1.82, 2.24) is 0 Å². The van der Waals surface area contributed by atoms with E-state index in [9.17, 15) is 0 Å². The lowest BCUT2D eigenvalue weighted by atomic mass is 10.3. The van der Waals surface area contributed by atoms with Crippen molar-refractivity contribution in [2.45, 2.75) is 12.7 Å². The molecule has 1 aromatic rings. The Balaban J connectivity index is 2.05. The fraction of sp³-hybridized carbons (Fsp3) is 0.400. The first-order valence-corrected chi connectivity index (χ1v) is 5.60.